The second kappa shape index (κ2) is 5.21. The molecule has 0 unspecified atom stereocenters. The zero-order valence-corrected chi connectivity index (χ0v) is 11.0. The van der Waals surface area contributed by atoms with E-state index in [9.17, 15) is 4.79 Å². The first-order valence-electron chi connectivity index (χ1n) is 6.52. The van der Waals surface area contributed by atoms with Crippen LogP contribution in [-0.2, 0) is 4.74 Å². The minimum absolute atomic E-state index is 0.177. The van der Waals surface area contributed by atoms with Gasteiger partial charge in [0.1, 0.15) is 6.04 Å². The molecule has 3 heteroatoms. The second-order valence-corrected chi connectivity index (χ2v) is 4.66. The lowest BCUT2D eigenvalue weighted by Crippen LogP contribution is -2.21. The van der Waals surface area contributed by atoms with E-state index in [0.29, 0.717) is 0 Å². The first-order valence-corrected chi connectivity index (χ1v) is 6.52. The van der Waals surface area contributed by atoms with Crippen LogP contribution in [0.25, 0.3) is 0 Å². The third-order valence-electron chi connectivity index (χ3n) is 3.49. The second-order valence-electron chi connectivity index (χ2n) is 4.66. The number of hydrogen-bond donors (Lipinski definition) is 0. The highest BCUT2D eigenvalue weighted by molar-refractivity contribution is 5.72. The SMILES string of the molecule is C=CN1C(=O)O[C@H](c2ccccc2)[C@@H]1c1ccccc1. The minimum atomic E-state index is -0.359. The molecule has 1 aliphatic rings. The van der Waals surface area contributed by atoms with Crippen molar-refractivity contribution in [2.45, 2.75) is 12.1 Å². The highest BCUT2D eigenvalue weighted by atomic mass is 16.6. The fraction of sp³-hybridized carbons (Fsp3) is 0.118. The van der Waals surface area contributed by atoms with E-state index in [-0.39, 0.29) is 18.2 Å². The molecule has 1 heterocycles. The molecule has 0 aromatic heterocycles. The largest absolute Gasteiger partial charge is 0.438 e. The Hall–Kier alpha value is -2.55. The Labute approximate surface area is 118 Å². The van der Waals surface area contributed by atoms with Crippen molar-refractivity contribution in [3.8, 4) is 0 Å². The number of nitrogens with zero attached hydrogens (tertiary/aromatic N) is 1. The quantitative estimate of drug-likeness (QED) is 0.837. The molecular formula is C17H15NO2. The summed E-state index contributed by atoms with van der Waals surface area (Å²) in [6.07, 6.45) is 0.856. The lowest BCUT2D eigenvalue weighted by molar-refractivity contribution is 0.131. The smallest absolute Gasteiger partial charge is 0.415 e. The van der Waals surface area contributed by atoms with E-state index < -0.39 is 0 Å². The molecule has 0 N–H and O–H groups in total. The minimum Gasteiger partial charge on any atom is -0.438 e. The number of benzene rings is 2. The summed E-state index contributed by atoms with van der Waals surface area (Å²) in [7, 11) is 0. The van der Waals surface area contributed by atoms with Crippen LogP contribution in [-0.4, -0.2) is 11.0 Å². The van der Waals surface area contributed by atoms with Crippen molar-refractivity contribution in [3.05, 3.63) is 84.6 Å². The molecular weight excluding hydrogens is 250 g/mol. The molecule has 1 fully saturated rings. The van der Waals surface area contributed by atoms with Gasteiger partial charge in [-0.05, 0) is 11.1 Å². The van der Waals surface area contributed by atoms with Crippen molar-refractivity contribution in [2.75, 3.05) is 0 Å². The maximum absolute atomic E-state index is 12.0. The Morgan fingerprint density at radius 1 is 0.950 bits per heavy atom. The Balaban J connectivity index is 2.05. The lowest BCUT2D eigenvalue weighted by Gasteiger charge is -2.22. The van der Waals surface area contributed by atoms with E-state index in [1.54, 1.807) is 4.90 Å². The van der Waals surface area contributed by atoms with Crippen molar-refractivity contribution in [2.24, 2.45) is 0 Å². The van der Waals surface area contributed by atoms with Gasteiger partial charge in [0, 0.05) is 6.20 Å². The highest BCUT2D eigenvalue weighted by Crippen LogP contribution is 2.42. The summed E-state index contributed by atoms with van der Waals surface area (Å²) in [6.45, 7) is 3.72. The van der Waals surface area contributed by atoms with E-state index in [0.717, 1.165) is 11.1 Å². The van der Waals surface area contributed by atoms with Crippen LogP contribution in [0.1, 0.15) is 23.3 Å². The van der Waals surface area contributed by atoms with Crippen molar-refractivity contribution in [1.82, 2.24) is 4.90 Å². The van der Waals surface area contributed by atoms with Gasteiger partial charge >= 0.3 is 6.09 Å². The van der Waals surface area contributed by atoms with Crippen LogP contribution in [0, 0.1) is 0 Å². The lowest BCUT2D eigenvalue weighted by atomic mass is 9.96. The zero-order valence-electron chi connectivity index (χ0n) is 11.0. The van der Waals surface area contributed by atoms with Crippen LogP contribution in [0.4, 0.5) is 4.79 Å². The molecule has 1 amide bonds. The van der Waals surface area contributed by atoms with Gasteiger partial charge in [0.2, 0.25) is 0 Å². The number of cyclic esters (lactones) is 1. The van der Waals surface area contributed by atoms with Crippen LogP contribution in [0.5, 0.6) is 0 Å². The summed E-state index contributed by atoms with van der Waals surface area (Å²) in [6, 6.07) is 19.5. The molecule has 2 aromatic carbocycles. The normalized spacial score (nSPS) is 21.6. The average molecular weight is 265 g/mol. The van der Waals surface area contributed by atoms with Gasteiger partial charge in [-0.2, -0.15) is 0 Å². The molecule has 1 saturated heterocycles. The molecule has 0 bridgehead atoms. The topological polar surface area (TPSA) is 29.5 Å². The van der Waals surface area contributed by atoms with Crippen LogP contribution in [0.3, 0.4) is 0 Å². The fourth-order valence-corrected chi connectivity index (χ4v) is 2.56. The van der Waals surface area contributed by atoms with Crippen molar-refractivity contribution in [1.29, 1.82) is 0 Å². The van der Waals surface area contributed by atoms with Crippen LogP contribution < -0.4 is 0 Å². The first-order chi connectivity index (χ1) is 9.81. The summed E-state index contributed by atoms with van der Waals surface area (Å²) in [5, 5.41) is 0. The Morgan fingerprint density at radius 3 is 2.05 bits per heavy atom. The summed E-state index contributed by atoms with van der Waals surface area (Å²) in [4.78, 5) is 13.6. The summed E-state index contributed by atoms with van der Waals surface area (Å²) < 4.78 is 5.53. The number of ether oxygens (including phenoxy) is 1. The molecule has 3 rings (SSSR count). The molecule has 20 heavy (non-hydrogen) atoms. The van der Waals surface area contributed by atoms with Gasteiger partial charge in [0.25, 0.3) is 0 Å². The fourth-order valence-electron chi connectivity index (χ4n) is 2.56. The summed E-state index contributed by atoms with van der Waals surface area (Å²) >= 11 is 0. The van der Waals surface area contributed by atoms with Gasteiger partial charge in [-0.3, -0.25) is 4.90 Å². The molecule has 0 saturated carbocycles. The molecule has 100 valence electrons. The van der Waals surface area contributed by atoms with Gasteiger partial charge in [0.05, 0.1) is 0 Å². The molecule has 2 aromatic rings. The average Bonchev–Trinajstić information content (AvgIpc) is 2.85. The van der Waals surface area contributed by atoms with Crippen LogP contribution in [0.15, 0.2) is 73.4 Å². The van der Waals surface area contributed by atoms with Crippen molar-refractivity contribution in [3.63, 3.8) is 0 Å². The number of carbonyl (C=O) groups excluding carboxylic acids is 1. The Bertz CT molecular complexity index is 609. The third kappa shape index (κ3) is 2.07. The number of amides is 1. The molecule has 1 aliphatic heterocycles. The monoisotopic (exact) mass is 265 g/mol. The maximum atomic E-state index is 12.0. The summed E-state index contributed by atoms with van der Waals surface area (Å²) in [5.74, 6) is 0. The Kier molecular flexibility index (Phi) is 3.25. The van der Waals surface area contributed by atoms with Gasteiger partial charge in [-0.1, -0.05) is 67.2 Å². The molecule has 3 nitrogen and oxygen atoms in total. The van der Waals surface area contributed by atoms with E-state index in [1.807, 2.05) is 60.7 Å². The number of rotatable bonds is 3. The Morgan fingerprint density at radius 2 is 1.50 bits per heavy atom. The van der Waals surface area contributed by atoms with Crippen molar-refractivity contribution >= 4 is 6.09 Å². The number of carbonyl (C=O) groups is 1. The van der Waals surface area contributed by atoms with Gasteiger partial charge in [-0.25, -0.2) is 4.79 Å². The molecule has 0 radical (unpaired) electrons. The van der Waals surface area contributed by atoms with Crippen LogP contribution in [0.2, 0.25) is 0 Å². The number of hydrogen-bond acceptors (Lipinski definition) is 2. The van der Waals surface area contributed by atoms with E-state index in [4.69, 9.17) is 4.74 Å². The standard InChI is InChI=1S/C17H15NO2/c1-2-18-15(13-9-5-3-6-10-13)16(20-17(18)19)14-11-7-4-8-12-14/h2-12,15-16H,1H2/t15-,16+/m0/s1. The van der Waals surface area contributed by atoms with Crippen LogP contribution >= 0.6 is 0 Å². The molecule has 0 spiro atoms. The predicted octanol–water partition coefficient (Wildman–Crippen LogP) is 4.06. The van der Waals surface area contributed by atoms with Gasteiger partial charge < -0.3 is 4.74 Å². The summed E-state index contributed by atoms with van der Waals surface area (Å²) in [5.41, 5.74) is 2.02. The zero-order chi connectivity index (χ0) is 13.9. The van der Waals surface area contributed by atoms with Crippen molar-refractivity contribution < 1.29 is 9.53 Å². The van der Waals surface area contributed by atoms with Gasteiger partial charge in [0.15, 0.2) is 6.10 Å². The first kappa shape index (κ1) is 12.5. The van der Waals surface area contributed by atoms with E-state index in [1.165, 1.54) is 6.20 Å². The molecule has 0 aliphatic carbocycles. The molecule has 2 atom stereocenters. The third-order valence-corrected chi connectivity index (χ3v) is 3.49. The predicted molar refractivity (Wildman–Crippen MR) is 76.9 cm³/mol. The maximum Gasteiger partial charge on any atom is 0.415 e. The van der Waals surface area contributed by atoms with E-state index >= 15 is 0 Å². The van der Waals surface area contributed by atoms with E-state index in [2.05, 4.69) is 6.58 Å². The van der Waals surface area contributed by atoms with Gasteiger partial charge in [-0.15, -0.1) is 0 Å². The highest BCUT2D eigenvalue weighted by Gasteiger charge is 2.42.